The molecule has 3 heterocycles. The molecule has 1 unspecified atom stereocenters. The minimum Gasteiger partial charge on any atom is -0.313 e. The molecule has 0 bridgehead atoms. The fourth-order valence-electron chi connectivity index (χ4n) is 2.50. The van der Waals surface area contributed by atoms with Crippen molar-refractivity contribution in [1.82, 2.24) is 20.1 Å². The highest BCUT2D eigenvalue weighted by Gasteiger charge is 2.21. The lowest BCUT2D eigenvalue weighted by Gasteiger charge is -2.25. The van der Waals surface area contributed by atoms with Crippen LogP contribution in [0.2, 0.25) is 0 Å². The molecule has 2 aromatic rings. The van der Waals surface area contributed by atoms with Crippen molar-refractivity contribution in [2.45, 2.75) is 45.3 Å². The maximum atomic E-state index is 4.26. The maximum Gasteiger partial charge on any atom is 0.133 e. The SMILES string of the molecule is CCc1nnc2n1CC(NCc1cc(Br)cs1)CC2. The van der Waals surface area contributed by atoms with Crippen molar-refractivity contribution in [2.24, 2.45) is 0 Å². The lowest BCUT2D eigenvalue weighted by Crippen LogP contribution is -2.37. The van der Waals surface area contributed by atoms with Gasteiger partial charge in [-0.25, -0.2) is 0 Å². The molecule has 0 aliphatic carbocycles. The standard InChI is InChI=1S/C13H17BrN4S/c1-2-12-16-17-13-4-3-10(7-18(12)13)15-6-11-5-9(14)8-19-11/h5,8,10,15H,2-4,6-7H2,1H3. The largest absolute Gasteiger partial charge is 0.313 e. The van der Waals surface area contributed by atoms with Crippen molar-refractivity contribution in [1.29, 1.82) is 0 Å². The summed E-state index contributed by atoms with van der Waals surface area (Å²) in [5, 5.41) is 14.3. The number of hydrogen-bond donors (Lipinski definition) is 1. The number of nitrogens with one attached hydrogen (secondary N) is 1. The molecule has 1 atom stereocenters. The van der Waals surface area contributed by atoms with Crippen molar-refractivity contribution in [2.75, 3.05) is 0 Å². The van der Waals surface area contributed by atoms with Crippen molar-refractivity contribution >= 4 is 27.3 Å². The van der Waals surface area contributed by atoms with Crippen LogP contribution in [0, 0.1) is 0 Å². The zero-order valence-corrected chi connectivity index (χ0v) is 13.3. The topological polar surface area (TPSA) is 42.7 Å². The van der Waals surface area contributed by atoms with Gasteiger partial charge in [0.25, 0.3) is 0 Å². The normalized spacial score (nSPS) is 18.5. The van der Waals surface area contributed by atoms with Crippen LogP contribution in [-0.2, 0) is 25.9 Å². The van der Waals surface area contributed by atoms with E-state index in [0.29, 0.717) is 6.04 Å². The van der Waals surface area contributed by atoms with E-state index >= 15 is 0 Å². The highest BCUT2D eigenvalue weighted by molar-refractivity contribution is 9.10. The fraction of sp³-hybridized carbons (Fsp3) is 0.538. The van der Waals surface area contributed by atoms with Gasteiger partial charge in [-0.05, 0) is 28.4 Å². The Kier molecular flexibility index (Phi) is 4.00. The van der Waals surface area contributed by atoms with Crippen LogP contribution in [0.4, 0.5) is 0 Å². The molecule has 0 amide bonds. The lowest BCUT2D eigenvalue weighted by molar-refractivity contribution is 0.374. The van der Waals surface area contributed by atoms with Crippen molar-refractivity contribution < 1.29 is 0 Å². The third kappa shape index (κ3) is 2.90. The predicted molar refractivity (Wildman–Crippen MR) is 80.4 cm³/mol. The minimum absolute atomic E-state index is 0.523. The van der Waals surface area contributed by atoms with Gasteiger partial charge in [-0.3, -0.25) is 0 Å². The predicted octanol–water partition coefficient (Wildman–Crippen LogP) is 2.77. The van der Waals surface area contributed by atoms with E-state index in [2.05, 4.69) is 54.4 Å². The monoisotopic (exact) mass is 340 g/mol. The van der Waals surface area contributed by atoms with E-state index in [4.69, 9.17) is 0 Å². The summed E-state index contributed by atoms with van der Waals surface area (Å²) in [6.07, 6.45) is 3.13. The number of fused-ring (bicyclic) bond motifs is 1. The van der Waals surface area contributed by atoms with E-state index in [-0.39, 0.29) is 0 Å². The number of rotatable bonds is 4. The molecular formula is C13H17BrN4S. The van der Waals surface area contributed by atoms with Crippen LogP contribution in [-0.4, -0.2) is 20.8 Å². The summed E-state index contributed by atoms with van der Waals surface area (Å²) in [7, 11) is 0. The zero-order chi connectivity index (χ0) is 13.2. The summed E-state index contributed by atoms with van der Waals surface area (Å²) < 4.78 is 3.46. The van der Waals surface area contributed by atoms with Crippen LogP contribution in [0.25, 0.3) is 0 Å². The van der Waals surface area contributed by atoms with E-state index in [1.54, 1.807) is 11.3 Å². The van der Waals surface area contributed by atoms with E-state index in [0.717, 1.165) is 44.0 Å². The average molecular weight is 341 g/mol. The van der Waals surface area contributed by atoms with Crippen LogP contribution in [0.15, 0.2) is 15.9 Å². The fourth-order valence-corrected chi connectivity index (χ4v) is 3.90. The molecule has 2 aromatic heterocycles. The van der Waals surface area contributed by atoms with Gasteiger partial charge in [0.15, 0.2) is 0 Å². The molecule has 0 fully saturated rings. The molecular weight excluding hydrogens is 324 g/mol. The Bertz CT molecular complexity index is 549. The molecule has 0 spiro atoms. The number of halogens is 1. The molecule has 0 saturated heterocycles. The first-order valence-corrected chi connectivity index (χ1v) is 8.30. The van der Waals surface area contributed by atoms with Gasteiger partial charge >= 0.3 is 0 Å². The number of thiophene rings is 1. The van der Waals surface area contributed by atoms with E-state index < -0.39 is 0 Å². The number of nitrogens with zero attached hydrogens (tertiary/aromatic N) is 3. The van der Waals surface area contributed by atoms with E-state index in [1.165, 1.54) is 9.35 Å². The second-order valence-electron chi connectivity index (χ2n) is 4.84. The quantitative estimate of drug-likeness (QED) is 0.930. The Morgan fingerprint density at radius 3 is 3.16 bits per heavy atom. The summed E-state index contributed by atoms with van der Waals surface area (Å²) in [6.45, 7) is 4.08. The van der Waals surface area contributed by atoms with Gasteiger partial charge in [-0.2, -0.15) is 0 Å². The second-order valence-corrected chi connectivity index (χ2v) is 6.76. The first-order valence-electron chi connectivity index (χ1n) is 6.63. The third-order valence-electron chi connectivity index (χ3n) is 3.53. The van der Waals surface area contributed by atoms with Gasteiger partial charge in [0, 0.05) is 46.7 Å². The molecule has 6 heteroatoms. The van der Waals surface area contributed by atoms with Gasteiger partial charge in [-0.1, -0.05) is 6.92 Å². The number of hydrogen-bond acceptors (Lipinski definition) is 4. The highest BCUT2D eigenvalue weighted by atomic mass is 79.9. The van der Waals surface area contributed by atoms with E-state index in [9.17, 15) is 0 Å². The smallest absolute Gasteiger partial charge is 0.133 e. The molecule has 0 aromatic carbocycles. The first kappa shape index (κ1) is 13.3. The van der Waals surface area contributed by atoms with Gasteiger partial charge < -0.3 is 9.88 Å². The van der Waals surface area contributed by atoms with Gasteiger partial charge in [0.05, 0.1) is 0 Å². The van der Waals surface area contributed by atoms with Crippen molar-refractivity contribution in [3.8, 4) is 0 Å². The van der Waals surface area contributed by atoms with Crippen LogP contribution in [0.5, 0.6) is 0 Å². The summed E-state index contributed by atoms with van der Waals surface area (Å²) in [5.41, 5.74) is 0. The van der Waals surface area contributed by atoms with E-state index in [1.807, 2.05) is 0 Å². The van der Waals surface area contributed by atoms with Gasteiger partial charge in [-0.15, -0.1) is 21.5 Å². The van der Waals surface area contributed by atoms with Crippen molar-refractivity contribution in [3.05, 3.63) is 32.4 Å². The number of aromatic nitrogens is 3. The highest BCUT2D eigenvalue weighted by Crippen LogP contribution is 2.20. The van der Waals surface area contributed by atoms with Gasteiger partial charge in [0.1, 0.15) is 11.6 Å². The Balaban J connectivity index is 1.62. The molecule has 4 nitrogen and oxygen atoms in total. The van der Waals surface area contributed by atoms with Crippen LogP contribution >= 0.6 is 27.3 Å². The molecule has 102 valence electrons. The Hall–Kier alpha value is -0.720. The molecule has 1 aliphatic rings. The Morgan fingerprint density at radius 2 is 2.42 bits per heavy atom. The van der Waals surface area contributed by atoms with Crippen LogP contribution in [0.3, 0.4) is 0 Å². The molecule has 1 aliphatic heterocycles. The average Bonchev–Trinajstić information content (AvgIpc) is 3.01. The third-order valence-corrected chi connectivity index (χ3v) is 5.22. The Labute approximate surface area is 125 Å². The first-order chi connectivity index (χ1) is 9.26. The molecule has 0 radical (unpaired) electrons. The summed E-state index contributed by atoms with van der Waals surface area (Å²) in [5.74, 6) is 2.26. The lowest BCUT2D eigenvalue weighted by atomic mass is 10.1. The van der Waals surface area contributed by atoms with Gasteiger partial charge in [0.2, 0.25) is 0 Å². The summed E-state index contributed by atoms with van der Waals surface area (Å²) in [4.78, 5) is 1.37. The number of aryl methyl sites for hydroxylation is 2. The van der Waals surface area contributed by atoms with Crippen LogP contribution in [0.1, 0.15) is 29.9 Å². The molecule has 1 N–H and O–H groups in total. The summed E-state index contributed by atoms with van der Waals surface area (Å²) in [6, 6.07) is 2.71. The Morgan fingerprint density at radius 1 is 1.53 bits per heavy atom. The van der Waals surface area contributed by atoms with Crippen LogP contribution < -0.4 is 5.32 Å². The zero-order valence-electron chi connectivity index (χ0n) is 10.9. The maximum absolute atomic E-state index is 4.26. The summed E-state index contributed by atoms with van der Waals surface area (Å²) >= 11 is 5.29. The minimum atomic E-state index is 0.523. The second kappa shape index (κ2) is 5.73. The van der Waals surface area contributed by atoms with Crippen molar-refractivity contribution in [3.63, 3.8) is 0 Å². The molecule has 0 saturated carbocycles. The molecule has 19 heavy (non-hydrogen) atoms. The molecule has 3 rings (SSSR count).